The second-order valence-corrected chi connectivity index (χ2v) is 24.9. The average Bonchev–Trinajstić information content (AvgIpc) is 1.73. The highest BCUT2D eigenvalue weighted by molar-refractivity contribution is 9.11. The van der Waals surface area contributed by atoms with Crippen molar-refractivity contribution in [3.05, 3.63) is 222 Å². The summed E-state index contributed by atoms with van der Waals surface area (Å²) >= 11 is 16.4. The molecule has 25 nitrogen and oxygen atoms in total. The number of esters is 1. The number of ether oxygens (including phenoxy) is 1. The SMILES string of the molecule is C=CC(=O)N(C)Cc1cc2ccccc2n1C.CNCc1cc2ccccc2n1C.COC(=O)C1Cc2cc(Br)cnc2NC1=O.Nc1ncc(Br)cc1CBr.Nc1ncc(Br)cc1CO.Nc1ncccc1C(=O)O.Nc1ncccc1CO.O=C1CCc2cc(Br)cnc2N1. The van der Waals surface area contributed by atoms with Crippen molar-refractivity contribution >= 4 is 166 Å². The Bertz CT molecular complexity index is 4280. The van der Waals surface area contributed by atoms with E-state index < -0.39 is 17.9 Å². The van der Waals surface area contributed by atoms with E-state index in [2.05, 4.69) is 202 Å². The molecule has 2 aliphatic heterocycles. The molecule has 0 spiro atoms. The van der Waals surface area contributed by atoms with Crippen LogP contribution in [-0.2, 0) is 82.5 Å². The number of aliphatic hydroxyl groups is 2. The average molecular weight is 1650 g/mol. The maximum Gasteiger partial charge on any atom is 0.339 e. The molecule has 10 aromatic rings. The standard InChI is InChI=1S/C14H16N2O.C11H14N2.C10H9BrN2O3.C8H7BrN2O.C6H6Br2N2.C6H7BrN2O.C6H6N2O2.C6H8N2O/c1-4-14(17)15(2)10-12-9-11-7-5-6-8-13(11)16(12)3;1-12-8-10-7-9-5-3-4-6-11(9)13(10)2;1-16-10(15)7-3-5-2-6(11)4-12-8(5)13-9(7)14;9-6-3-5-1-2-7(12)11-8(5)10-4-6;7-2-4-1-5(8)3-10-6(4)9;7-5-1-4(3-10)6(8)9-2-5;7-5-4(6(9)10)2-1-3-8-5;7-6-5(4-9)2-1-3-8-6/h4-9H,1,10H2,2-3H3;3-7,12H,8H2,1-2H3;2,4,7H,3H2,1H3,(H,12,13,14);3-4H,1-2H2,(H,10,11,12);1,3H,2H2,(H2,9,10);1-2,10H,3H2,(H2,8,9);1-3H,(H2,7,8)(H,9,10);1-3,9H,4H2,(H2,7,8). The van der Waals surface area contributed by atoms with Gasteiger partial charge in [-0.3, -0.25) is 19.2 Å². The maximum absolute atomic E-state index is 11.6. The number of hydrogen-bond donors (Lipinski definition) is 10. The smallest absolute Gasteiger partial charge is 0.339 e. The molecule has 10 heterocycles. The minimum absolute atomic E-state index is 0.0420. The number of carboxylic acid groups (broad SMARTS) is 1. The largest absolute Gasteiger partial charge is 0.478 e. The molecule has 2 aromatic carbocycles. The van der Waals surface area contributed by atoms with E-state index in [0.29, 0.717) is 59.6 Å². The summed E-state index contributed by atoms with van der Waals surface area (Å²) in [5.74, 6) is -0.104. The first-order valence-corrected chi connectivity index (χ1v) is 33.4. The number of aromatic nitrogens is 8. The van der Waals surface area contributed by atoms with Gasteiger partial charge in [-0.25, -0.2) is 34.7 Å². The van der Waals surface area contributed by atoms with Gasteiger partial charge in [0.2, 0.25) is 17.7 Å². The molecule has 1 atom stereocenters. The number of fused-ring (bicyclic) bond motifs is 4. The zero-order chi connectivity index (χ0) is 71.3. The molecule has 14 N–H and O–H groups in total. The van der Waals surface area contributed by atoms with Gasteiger partial charge in [0.15, 0.2) is 0 Å². The van der Waals surface area contributed by atoms with Gasteiger partial charge in [-0.1, -0.05) is 65.0 Å². The van der Waals surface area contributed by atoms with Crippen molar-refractivity contribution < 1.29 is 44.0 Å². The molecule has 0 fully saturated rings. The Morgan fingerprint density at radius 1 is 0.660 bits per heavy atom. The molecule has 2 aliphatic rings. The molecule has 0 aliphatic carbocycles. The lowest BCUT2D eigenvalue weighted by atomic mass is 9.95. The van der Waals surface area contributed by atoms with Crippen molar-refractivity contribution in [2.75, 3.05) is 54.8 Å². The number of hydrogen-bond acceptors (Lipinski definition) is 19. The van der Waals surface area contributed by atoms with E-state index in [9.17, 15) is 24.0 Å². The predicted molar refractivity (Wildman–Crippen MR) is 395 cm³/mol. The van der Waals surface area contributed by atoms with Crippen LogP contribution >= 0.6 is 79.6 Å². The third-order valence-electron chi connectivity index (χ3n) is 14.0. The van der Waals surface area contributed by atoms with Gasteiger partial charge in [-0.05, 0) is 178 Å². The first kappa shape index (κ1) is 78.7. The van der Waals surface area contributed by atoms with E-state index in [4.69, 9.17) is 38.3 Å². The number of carbonyl (C=O) groups is 5. The van der Waals surface area contributed by atoms with Gasteiger partial charge < -0.3 is 73.0 Å². The summed E-state index contributed by atoms with van der Waals surface area (Å²) in [6.45, 7) is 4.89. The van der Waals surface area contributed by atoms with E-state index in [1.807, 2.05) is 44.4 Å². The Kier molecular flexibility index (Phi) is 32.4. The second kappa shape index (κ2) is 39.9. The Balaban J connectivity index is 0.000000202. The highest BCUT2D eigenvalue weighted by atomic mass is 79.9. The molecule has 3 amide bonds. The fraction of sp³-hybridized carbons (Fsp3) is 0.209. The highest BCUT2D eigenvalue weighted by Crippen LogP contribution is 2.28. The Labute approximate surface area is 602 Å². The number of anilines is 6. The minimum Gasteiger partial charge on any atom is -0.478 e. The Hall–Kier alpha value is -9.01. The van der Waals surface area contributed by atoms with Crippen molar-refractivity contribution in [3.8, 4) is 0 Å². The number of pyridine rings is 6. The zero-order valence-electron chi connectivity index (χ0n) is 53.4. The molecular formula is C67H73Br5N16O9. The van der Waals surface area contributed by atoms with Crippen LogP contribution < -0.4 is 38.9 Å². The first-order chi connectivity index (χ1) is 46.4. The van der Waals surface area contributed by atoms with E-state index in [0.717, 1.165) is 58.6 Å². The van der Waals surface area contributed by atoms with Gasteiger partial charge in [0.25, 0.3) is 0 Å². The van der Waals surface area contributed by atoms with Crippen LogP contribution in [0, 0.1) is 5.92 Å². The van der Waals surface area contributed by atoms with Crippen LogP contribution in [0.2, 0.25) is 0 Å². The molecule has 510 valence electrons. The van der Waals surface area contributed by atoms with Gasteiger partial charge in [-0.2, -0.15) is 0 Å². The van der Waals surface area contributed by atoms with Crippen LogP contribution in [0.3, 0.4) is 0 Å². The van der Waals surface area contributed by atoms with Crippen molar-refractivity contribution in [1.82, 2.24) is 49.3 Å². The zero-order valence-corrected chi connectivity index (χ0v) is 61.3. The molecule has 0 radical (unpaired) electrons. The third-order valence-corrected chi connectivity index (χ3v) is 16.4. The lowest BCUT2D eigenvalue weighted by Gasteiger charge is -2.21. The molecule has 30 heteroatoms. The quantitative estimate of drug-likeness (QED) is 0.0263. The molecule has 8 aromatic heterocycles. The number of carboxylic acids is 1. The normalized spacial score (nSPS) is 12.1. The molecule has 0 bridgehead atoms. The van der Waals surface area contributed by atoms with Crippen molar-refractivity contribution in [1.29, 1.82) is 0 Å². The number of likely N-dealkylation sites (N-methyl/N-ethyl adjacent to an activating group) is 1. The second-order valence-electron chi connectivity index (χ2n) is 20.7. The maximum atomic E-state index is 11.6. The van der Waals surface area contributed by atoms with Crippen LogP contribution in [0.1, 0.15) is 56.0 Å². The summed E-state index contributed by atoms with van der Waals surface area (Å²) in [5, 5.41) is 37.5. The molecule has 0 saturated heterocycles. The summed E-state index contributed by atoms with van der Waals surface area (Å²) in [6.07, 6.45) is 12.6. The van der Waals surface area contributed by atoms with Crippen molar-refractivity contribution in [2.45, 2.75) is 50.9 Å². The number of rotatable bonds is 10. The van der Waals surface area contributed by atoms with Gasteiger partial charge in [0.1, 0.15) is 46.4 Å². The number of aryl methyl sites for hydroxylation is 3. The minimum atomic E-state index is -1.05. The molecule has 97 heavy (non-hydrogen) atoms. The number of aliphatic hydroxyl groups excluding tert-OH is 2. The summed E-state index contributed by atoms with van der Waals surface area (Å²) in [7, 11) is 9.14. The molecule has 0 saturated carbocycles. The van der Waals surface area contributed by atoms with Gasteiger partial charge in [-0.15, -0.1) is 0 Å². The molecule has 1 unspecified atom stereocenters. The van der Waals surface area contributed by atoms with Gasteiger partial charge in [0, 0.05) is 134 Å². The van der Waals surface area contributed by atoms with Crippen LogP contribution in [0.25, 0.3) is 21.8 Å². The summed E-state index contributed by atoms with van der Waals surface area (Å²) < 4.78 is 12.5. The number of nitrogens with two attached hydrogens (primary N) is 4. The van der Waals surface area contributed by atoms with Crippen LogP contribution in [0.4, 0.5) is 34.9 Å². The number of carbonyl (C=O) groups excluding carboxylic acids is 4. The summed E-state index contributed by atoms with van der Waals surface area (Å²) in [5.41, 5.74) is 30.8. The number of halogens is 5. The lowest BCUT2D eigenvalue weighted by molar-refractivity contribution is -0.148. The van der Waals surface area contributed by atoms with Crippen LogP contribution in [0.5, 0.6) is 0 Å². The number of alkyl halides is 1. The van der Waals surface area contributed by atoms with E-state index in [-0.39, 0.29) is 42.3 Å². The monoisotopic (exact) mass is 1640 g/mol. The van der Waals surface area contributed by atoms with Gasteiger partial charge in [0.05, 0.1) is 26.9 Å². The Morgan fingerprint density at radius 3 is 1.64 bits per heavy atom. The predicted octanol–water partition coefficient (Wildman–Crippen LogP) is 10.8. The fourth-order valence-electron chi connectivity index (χ4n) is 8.90. The Morgan fingerprint density at radius 2 is 1.15 bits per heavy atom. The number of methoxy groups -OCH3 is 1. The van der Waals surface area contributed by atoms with Crippen LogP contribution in [0.15, 0.2) is 177 Å². The number of benzene rings is 2. The highest BCUT2D eigenvalue weighted by Gasteiger charge is 2.33. The number of nitrogens with one attached hydrogen (secondary N) is 3. The topological polar surface area (TPSA) is 386 Å². The molecule has 12 rings (SSSR count). The third kappa shape index (κ3) is 24.2. The van der Waals surface area contributed by atoms with Crippen molar-refractivity contribution in [3.63, 3.8) is 0 Å². The number of nitrogen functional groups attached to an aromatic ring is 4. The fourth-order valence-corrected chi connectivity index (χ4v) is 10.9. The number of aromatic carboxylic acids is 1. The molecular weight excluding hydrogens is 1570 g/mol. The summed E-state index contributed by atoms with van der Waals surface area (Å²) in [4.78, 5) is 80.6. The number of para-hydroxylation sites is 2. The number of amides is 3. The number of nitrogens with zero attached hydrogens (tertiary/aromatic N) is 9. The summed E-state index contributed by atoms with van der Waals surface area (Å²) in [6, 6.07) is 34.9. The van der Waals surface area contributed by atoms with E-state index in [1.54, 1.807) is 61.1 Å². The van der Waals surface area contributed by atoms with E-state index >= 15 is 0 Å². The van der Waals surface area contributed by atoms with Crippen molar-refractivity contribution in [2.24, 2.45) is 20.0 Å². The van der Waals surface area contributed by atoms with Gasteiger partial charge >= 0.3 is 11.9 Å². The van der Waals surface area contributed by atoms with Crippen LogP contribution in [-0.4, -0.2) is 110 Å². The van der Waals surface area contributed by atoms with E-state index in [1.165, 1.54) is 59.0 Å². The lowest BCUT2D eigenvalue weighted by Crippen LogP contribution is -2.36. The first-order valence-electron chi connectivity index (χ1n) is 29.1.